The van der Waals surface area contributed by atoms with Crippen LogP contribution in [0, 0.1) is 18.3 Å². The monoisotopic (exact) mass is 545 g/mol. The molecule has 2 aromatic carbocycles. The number of hydrogen-bond donors (Lipinski definition) is 2. The van der Waals surface area contributed by atoms with E-state index in [-0.39, 0.29) is 18.0 Å². The molecule has 4 rings (SSSR count). The average Bonchev–Trinajstić information content (AvgIpc) is 3.35. The predicted octanol–water partition coefficient (Wildman–Crippen LogP) is 5.22. The van der Waals surface area contributed by atoms with Crippen molar-refractivity contribution >= 4 is 23.7 Å². The Morgan fingerprint density at radius 3 is 2.33 bits per heavy atom. The van der Waals surface area contributed by atoms with Crippen LogP contribution in [0.2, 0.25) is 0 Å². The fourth-order valence-corrected chi connectivity index (χ4v) is 5.72. The second kappa shape index (κ2) is 12.0. The van der Waals surface area contributed by atoms with E-state index in [0.29, 0.717) is 55.1 Å². The molecule has 40 heavy (non-hydrogen) atoms. The molecule has 1 aliphatic carbocycles. The lowest BCUT2D eigenvalue weighted by Crippen LogP contribution is -2.45. The quantitative estimate of drug-likeness (QED) is 0.532. The lowest BCUT2D eigenvalue weighted by Gasteiger charge is -2.33. The van der Waals surface area contributed by atoms with Gasteiger partial charge in [-0.15, -0.1) is 0 Å². The van der Waals surface area contributed by atoms with Gasteiger partial charge in [0.1, 0.15) is 5.60 Å². The molecule has 2 aliphatic rings. The van der Waals surface area contributed by atoms with Crippen LogP contribution in [0.3, 0.4) is 0 Å². The lowest BCUT2D eigenvalue weighted by atomic mass is 9.89. The standard InChI is InChI=1S/C31H39N5O4/c1-20-5-8-24(28(37)35-15-13-23(14-16-35)22-9-6-21(19-32)7-10-22)17-27(20)36(29(33)38)26-12-11-25(18-26)34-30(39)40-31(2,3)4/h5-10,17,23,25-26H,11-16,18H2,1-4H3,(H2,33,38)(H,34,39)/t25-,26-/m0/s1. The van der Waals surface area contributed by atoms with Crippen LogP contribution in [-0.2, 0) is 4.74 Å². The first-order chi connectivity index (χ1) is 18.9. The number of urea groups is 1. The Morgan fingerprint density at radius 1 is 1.05 bits per heavy atom. The van der Waals surface area contributed by atoms with Gasteiger partial charge in [0.05, 0.1) is 11.6 Å². The van der Waals surface area contributed by atoms with Gasteiger partial charge in [0.2, 0.25) is 0 Å². The highest BCUT2D eigenvalue weighted by Crippen LogP contribution is 2.33. The van der Waals surface area contributed by atoms with Crippen molar-refractivity contribution in [3.8, 4) is 6.07 Å². The highest BCUT2D eigenvalue weighted by atomic mass is 16.6. The van der Waals surface area contributed by atoms with Crippen LogP contribution in [0.4, 0.5) is 15.3 Å². The number of primary amides is 1. The second-order valence-corrected chi connectivity index (χ2v) is 11.8. The normalized spacial score (nSPS) is 19.5. The van der Waals surface area contributed by atoms with E-state index in [9.17, 15) is 14.4 Å². The van der Waals surface area contributed by atoms with Crippen molar-refractivity contribution in [1.82, 2.24) is 10.2 Å². The number of carbonyl (C=O) groups is 3. The molecule has 3 N–H and O–H groups in total. The largest absolute Gasteiger partial charge is 0.444 e. The Morgan fingerprint density at radius 2 is 1.73 bits per heavy atom. The van der Waals surface area contributed by atoms with Crippen molar-refractivity contribution in [3.63, 3.8) is 0 Å². The number of nitrogens with one attached hydrogen (secondary N) is 1. The van der Waals surface area contributed by atoms with Gasteiger partial charge < -0.3 is 20.7 Å². The third kappa shape index (κ3) is 6.92. The number of ether oxygens (including phenoxy) is 1. The van der Waals surface area contributed by atoms with E-state index in [1.807, 2.05) is 62.9 Å². The van der Waals surface area contributed by atoms with E-state index < -0.39 is 17.7 Å². The van der Waals surface area contributed by atoms with E-state index in [0.717, 1.165) is 18.4 Å². The smallest absolute Gasteiger partial charge is 0.407 e. The Hall–Kier alpha value is -4.06. The first-order valence-electron chi connectivity index (χ1n) is 13.9. The van der Waals surface area contributed by atoms with Crippen LogP contribution < -0.4 is 16.0 Å². The third-order valence-electron chi connectivity index (χ3n) is 7.74. The molecule has 9 nitrogen and oxygen atoms in total. The van der Waals surface area contributed by atoms with Crippen molar-refractivity contribution in [2.24, 2.45) is 5.73 Å². The van der Waals surface area contributed by atoms with Gasteiger partial charge in [0.15, 0.2) is 0 Å². The first-order valence-corrected chi connectivity index (χ1v) is 13.9. The predicted molar refractivity (Wildman–Crippen MR) is 153 cm³/mol. The third-order valence-corrected chi connectivity index (χ3v) is 7.74. The maximum atomic E-state index is 13.5. The summed E-state index contributed by atoms with van der Waals surface area (Å²) in [5.74, 6) is 0.278. The van der Waals surface area contributed by atoms with Crippen molar-refractivity contribution in [3.05, 3.63) is 64.7 Å². The maximum Gasteiger partial charge on any atom is 0.407 e. The summed E-state index contributed by atoms with van der Waals surface area (Å²) in [4.78, 5) is 41.8. The first kappa shape index (κ1) is 28.9. The van der Waals surface area contributed by atoms with Crippen LogP contribution in [0.1, 0.15) is 85.8 Å². The summed E-state index contributed by atoms with van der Waals surface area (Å²) >= 11 is 0. The average molecular weight is 546 g/mol. The van der Waals surface area contributed by atoms with Gasteiger partial charge in [-0.2, -0.15) is 5.26 Å². The number of nitriles is 1. The van der Waals surface area contributed by atoms with Gasteiger partial charge >= 0.3 is 12.1 Å². The zero-order chi connectivity index (χ0) is 29.0. The molecule has 1 aliphatic heterocycles. The minimum atomic E-state index is -0.593. The molecular weight excluding hydrogens is 506 g/mol. The van der Waals surface area contributed by atoms with Gasteiger partial charge in [0.25, 0.3) is 5.91 Å². The minimum absolute atomic E-state index is 0.0696. The number of carbonyl (C=O) groups excluding carboxylic acids is 3. The molecule has 9 heteroatoms. The van der Waals surface area contributed by atoms with Crippen molar-refractivity contribution in [2.45, 2.75) is 83.4 Å². The molecule has 0 bridgehead atoms. The highest BCUT2D eigenvalue weighted by Gasteiger charge is 2.35. The Labute approximate surface area is 236 Å². The van der Waals surface area contributed by atoms with Crippen molar-refractivity contribution < 1.29 is 19.1 Å². The fourth-order valence-electron chi connectivity index (χ4n) is 5.72. The lowest BCUT2D eigenvalue weighted by molar-refractivity contribution is 0.0505. The molecule has 2 atom stereocenters. The van der Waals surface area contributed by atoms with Gasteiger partial charge in [0, 0.05) is 36.4 Å². The molecule has 0 unspecified atom stereocenters. The molecule has 0 spiro atoms. The van der Waals surface area contributed by atoms with E-state index in [2.05, 4.69) is 11.4 Å². The number of piperidine rings is 1. The maximum absolute atomic E-state index is 13.5. The van der Waals surface area contributed by atoms with Crippen LogP contribution in [-0.4, -0.2) is 53.7 Å². The van der Waals surface area contributed by atoms with Gasteiger partial charge in [-0.05, 0) is 101 Å². The summed E-state index contributed by atoms with van der Waals surface area (Å²) in [6, 6.07) is 14.3. The number of likely N-dealkylation sites (tertiary alicyclic amines) is 1. The fraction of sp³-hybridized carbons (Fsp3) is 0.484. The molecule has 2 aromatic rings. The molecule has 1 saturated carbocycles. The van der Waals surface area contributed by atoms with Crippen molar-refractivity contribution in [2.75, 3.05) is 18.0 Å². The molecule has 212 valence electrons. The van der Waals surface area contributed by atoms with E-state index in [1.54, 1.807) is 17.0 Å². The van der Waals surface area contributed by atoms with Crippen LogP contribution in [0.5, 0.6) is 0 Å². The topological polar surface area (TPSA) is 129 Å². The number of alkyl carbamates (subject to hydrolysis) is 1. The highest BCUT2D eigenvalue weighted by molar-refractivity contribution is 5.98. The molecule has 0 radical (unpaired) electrons. The molecule has 2 fully saturated rings. The van der Waals surface area contributed by atoms with E-state index in [1.165, 1.54) is 5.56 Å². The summed E-state index contributed by atoms with van der Waals surface area (Å²) in [5.41, 5.74) is 9.09. The summed E-state index contributed by atoms with van der Waals surface area (Å²) < 4.78 is 5.38. The minimum Gasteiger partial charge on any atom is -0.444 e. The number of hydrogen-bond acceptors (Lipinski definition) is 5. The molecule has 1 saturated heterocycles. The van der Waals surface area contributed by atoms with E-state index >= 15 is 0 Å². The molecular formula is C31H39N5O4. The molecule has 4 amide bonds. The van der Waals surface area contributed by atoms with Crippen LogP contribution in [0.25, 0.3) is 0 Å². The van der Waals surface area contributed by atoms with Gasteiger partial charge in [-0.1, -0.05) is 18.2 Å². The van der Waals surface area contributed by atoms with Gasteiger partial charge in [-0.25, -0.2) is 9.59 Å². The molecule has 1 heterocycles. The zero-order valence-corrected chi connectivity index (χ0v) is 23.8. The number of benzene rings is 2. The number of amides is 4. The molecule has 0 aromatic heterocycles. The van der Waals surface area contributed by atoms with Crippen LogP contribution >= 0.6 is 0 Å². The second-order valence-electron chi connectivity index (χ2n) is 11.8. The number of anilines is 1. The number of nitrogens with two attached hydrogens (primary N) is 1. The van der Waals surface area contributed by atoms with Crippen molar-refractivity contribution in [1.29, 1.82) is 5.26 Å². The summed E-state index contributed by atoms with van der Waals surface area (Å²) in [7, 11) is 0. The summed E-state index contributed by atoms with van der Waals surface area (Å²) in [6.45, 7) is 8.60. The number of nitrogens with zero attached hydrogens (tertiary/aromatic N) is 3. The number of rotatable bonds is 5. The van der Waals surface area contributed by atoms with Crippen LogP contribution in [0.15, 0.2) is 42.5 Å². The SMILES string of the molecule is Cc1ccc(C(=O)N2CCC(c3ccc(C#N)cc3)CC2)cc1N(C(N)=O)[C@H]1CC[C@H](NC(=O)OC(C)(C)C)C1. The summed E-state index contributed by atoms with van der Waals surface area (Å²) in [5, 5.41) is 11.9. The Bertz CT molecular complexity index is 1290. The van der Waals surface area contributed by atoms with E-state index in [4.69, 9.17) is 15.7 Å². The van der Waals surface area contributed by atoms with Gasteiger partial charge in [-0.3, -0.25) is 9.69 Å². The Balaban J connectivity index is 1.43. The Kier molecular flexibility index (Phi) is 8.67. The number of aryl methyl sites for hydroxylation is 1. The zero-order valence-electron chi connectivity index (χ0n) is 23.8. The summed E-state index contributed by atoms with van der Waals surface area (Å²) in [6.07, 6.45) is 3.12.